The zero-order chi connectivity index (χ0) is 19.5. The number of carbonyl (C=O) groups is 2. The van der Waals surface area contributed by atoms with Crippen molar-refractivity contribution in [3.05, 3.63) is 23.3 Å². The molecule has 1 saturated heterocycles. The summed E-state index contributed by atoms with van der Waals surface area (Å²) in [6.45, 7) is 4.65. The van der Waals surface area contributed by atoms with Crippen molar-refractivity contribution in [1.82, 2.24) is 19.8 Å². The van der Waals surface area contributed by atoms with Gasteiger partial charge in [0.2, 0.25) is 11.8 Å². The molecule has 0 bridgehead atoms. The second-order valence-corrected chi connectivity index (χ2v) is 8.73. The predicted octanol–water partition coefficient (Wildman–Crippen LogP) is 3.06. The maximum absolute atomic E-state index is 12.6. The van der Waals surface area contributed by atoms with E-state index in [0.29, 0.717) is 24.8 Å². The van der Waals surface area contributed by atoms with Crippen molar-refractivity contribution in [3.8, 4) is 0 Å². The third-order valence-corrected chi connectivity index (χ3v) is 6.85. The first-order valence-electron chi connectivity index (χ1n) is 11.0. The van der Waals surface area contributed by atoms with Crippen LogP contribution in [0.5, 0.6) is 0 Å². The molecule has 3 heterocycles. The third-order valence-electron chi connectivity index (χ3n) is 6.85. The van der Waals surface area contributed by atoms with E-state index in [1.54, 1.807) is 6.92 Å². The molecule has 0 radical (unpaired) electrons. The Balaban J connectivity index is 1.32. The molecule has 0 aromatic carbocycles. The number of piperidine rings is 1. The standard InChI is InChI=1S/C22H32N4O2/c1-16(27)25-11-8-18(9-12-25)22-23-14-19-15-26(13-10-20(19)24-22)21(28)7-6-17-4-2-3-5-17/h14,17-18H,2-13,15H2,1H3. The first kappa shape index (κ1) is 19.3. The van der Waals surface area contributed by atoms with E-state index in [-0.39, 0.29) is 5.91 Å². The molecule has 6 heteroatoms. The predicted molar refractivity (Wildman–Crippen MR) is 107 cm³/mol. The molecule has 28 heavy (non-hydrogen) atoms. The number of aromatic nitrogens is 2. The Kier molecular flexibility index (Phi) is 5.93. The summed E-state index contributed by atoms with van der Waals surface area (Å²) in [7, 11) is 0. The van der Waals surface area contributed by atoms with Crippen molar-refractivity contribution in [1.29, 1.82) is 0 Å². The molecule has 0 atom stereocenters. The van der Waals surface area contributed by atoms with Crippen LogP contribution in [0.3, 0.4) is 0 Å². The average Bonchev–Trinajstić information content (AvgIpc) is 3.25. The highest BCUT2D eigenvalue weighted by Gasteiger charge is 2.27. The largest absolute Gasteiger partial charge is 0.343 e. The molecule has 0 unspecified atom stereocenters. The van der Waals surface area contributed by atoms with Crippen molar-refractivity contribution in [2.24, 2.45) is 5.92 Å². The van der Waals surface area contributed by atoms with Gasteiger partial charge in [-0.1, -0.05) is 25.7 Å². The van der Waals surface area contributed by atoms with Crippen molar-refractivity contribution in [2.75, 3.05) is 19.6 Å². The zero-order valence-electron chi connectivity index (χ0n) is 17.0. The highest BCUT2D eigenvalue weighted by molar-refractivity contribution is 5.76. The molecule has 6 nitrogen and oxygen atoms in total. The fraction of sp³-hybridized carbons (Fsp3) is 0.727. The van der Waals surface area contributed by atoms with Crippen molar-refractivity contribution < 1.29 is 9.59 Å². The number of nitrogens with zero attached hydrogens (tertiary/aromatic N) is 4. The van der Waals surface area contributed by atoms with Crippen LogP contribution in [0.4, 0.5) is 0 Å². The van der Waals surface area contributed by atoms with Crippen LogP contribution in [0, 0.1) is 5.92 Å². The molecule has 0 N–H and O–H groups in total. The minimum Gasteiger partial charge on any atom is -0.343 e. The Labute approximate surface area is 167 Å². The quantitative estimate of drug-likeness (QED) is 0.800. The molecule has 1 saturated carbocycles. The first-order valence-corrected chi connectivity index (χ1v) is 11.0. The molecule has 2 fully saturated rings. The summed E-state index contributed by atoms with van der Waals surface area (Å²) in [6, 6.07) is 0. The number of amides is 2. The minimum atomic E-state index is 0.155. The van der Waals surface area contributed by atoms with Crippen LogP contribution in [0.2, 0.25) is 0 Å². The molecule has 1 aromatic heterocycles. The Morgan fingerprint density at radius 1 is 1.07 bits per heavy atom. The lowest BCUT2D eigenvalue weighted by atomic mass is 9.95. The molecule has 1 aromatic rings. The third kappa shape index (κ3) is 4.36. The number of rotatable bonds is 4. The number of fused-ring (bicyclic) bond motifs is 1. The molecule has 3 aliphatic rings. The fourth-order valence-electron chi connectivity index (χ4n) is 4.98. The van der Waals surface area contributed by atoms with Crippen LogP contribution in [-0.2, 0) is 22.6 Å². The maximum Gasteiger partial charge on any atom is 0.222 e. The van der Waals surface area contributed by atoms with Crippen LogP contribution in [0.15, 0.2) is 6.20 Å². The Hall–Kier alpha value is -1.98. The van der Waals surface area contributed by atoms with Gasteiger partial charge in [-0.25, -0.2) is 9.97 Å². The Morgan fingerprint density at radius 3 is 2.54 bits per heavy atom. The van der Waals surface area contributed by atoms with Gasteiger partial charge < -0.3 is 9.80 Å². The summed E-state index contributed by atoms with van der Waals surface area (Å²) in [4.78, 5) is 37.5. The van der Waals surface area contributed by atoms with E-state index in [0.717, 1.165) is 68.3 Å². The lowest BCUT2D eigenvalue weighted by Gasteiger charge is -2.32. The fourth-order valence-corrected chi connectivity index (χ4v) is 4.98. The van der Waals surface area contributed by atoms with Gasteiger partial charge in [0.05, 0.1) is 5.69 Å². The van der Waals surface area contributed by atoms with Crippen molar-refractivity contribution >= 4 is 11.8 Å². The number of hydrogen-bond donors (Lipinski definition) is 0. The summed E-state index contributed by atoms with van der Waals surface area (Å²) in [5.74, 6) is 2.47. The molecule has 0 spiro atoms. The van der Waals surface area contributed by atoms with E-state index in [2.05, 4.69) is 4.98 Å². The number of hydrogen-bond acceptors (Lipinski definition) is 4. The molecule has 152 valence electrons. The number of likely N-dealkylation sites (tertiary alicyclic amines) is 1. The maximum atomic E-state index is 12.6. The minimum absolute atomic E-state index is 0.155. The van der Waals surface area contributed by atoms with Gasteiger partial charge in [0, 0.05) is 63.6 Å². The topological polar surface area (TPSA) is 66.4 Å². The molecule has 2 aliphatic heterocycles. The second kappa shape index (κ2) is 8.58. The van der Waals surface area contributed by atoms with E-state index in [9.17, 15) is 9.59 Å². The summed E-state index contributed by atoms with van der Waals surface area (Å²) in [5.41, 5.74) is 2.21. The molecular formula is C22H32N4O2. The van der Waals surface area contributed by atoms with Crippen LogP contribution < -0.4 is 0 Å². The van der Waals surface area contributed by atoms with Gasteiger partial charge in [-0.2, -0.15) is 0 Å². The first-order chi connectivity index (χ1) is 13.6. The average molecular weight is 385 g/mol. The van der Waals surface area contributed by atoms with Crippen LogP contribution in [0.25, 0.3) is 0 Å². The van der Waals surface area contributed by atoms with E-state index in [1.807, 2.05) is 16.0 Å². The van der Waals surface area contributed by atoms with Gasteiger partial charge >= 0.3 is 0 Å². The van der Waals surface area contributed by atoms with Crippen molar-refractivity contribution in [3.63, 3.8) is 0 Å². The zero-order valence-corrected chi connectivity index (χ0v) is 17.0. The van der Waals surface area contributed by atoms with E-state index >= 15 is 0 Å². The van der Waals surface area contributed by atoms with Gasteiger partial charge in [0.1, 0.15) is 5.82 Å². The second-order valence-electron chi connectivity index (χ2n) is 8.73. The van der Waals surface area contributed by atoms with Crippen LogP contribution >= 0.6 is 0 Å². The lowest BCUT2D eigenvalue weighted by molar-refractivity contribution is -0.132. The molecular weight excluding hydrogens is 352 g/mol. The molecule has 1 aliphatic carbocycles. The Bertz CT molecular complexity index is 721. The van der Waals surface area contributed by atoms with Gasteiger partial charge in [0.25, 0.3) is 0 Å². The van der Waals surface area contributed by atoms with Crippen LogP contribution in [-0.4, -0.2) is 51.2 Å². The smallest absolute Gasteiger partial charge is 0.222 e. The van der Waals surface area contributed by atoms with Gasteiger partial charge in [0.15, 0.2) is 0 Å². The van der Waals surface area contributed by atoms with E-state index in [1.165, 1.54) is 25.7 Å². The summed E-state index contributed by atoms with van der Waals surface area (Å²) < 4.78 is 0. The lowest BCUT2D eigenvalue weighted by Crippen LogP contribution is -2.38. The number of carbonyl (C=O) groups excluding carboxylic acids is 2. The van der Waals surface area contributed by atoms with Gasteiger partial charge in [-0.15, -0.1) is 0 Å². The molecule has 4 rings (SSSR count). The SMILES string of the molecule is CC(=O)N1CCC(c2ncc3c(n2)CCN(C(=O)CCC2CCCC2)C3)CC1. The Morgan fingerprint density at radius 2 is 1.82 bits per heavy atom. The van der Waals surface area contributed by atoms with Crippen LogP contribution in [0.1, 0.15) is 81.3 Å². The van der Waals surface area contributed by atoms with Gasteiger partial charge in [-0.3, -0.25) is 9.59 Å². The monoisotopic (exact) mass is 384 g/mol. The summed E-state index contributed by atoms with van der Waals surface area (Å²) >= 11 is 0. The highest BCUT2D eigenvalue weighted by atomic mass is 16.2. The molecule has 2 amide bonds. The van der Waals surface area contributed by atoms with Crippen molar-refractivity contribution in [2.45, 2.75) is 77.2 Å². The summed E-state index contributed by atoms with van der Waals surface area (Å²) in [6.07, 6.45) is 11.7. The highest BCUT2D eigenvalue weighted by Crippen LogP contribution is 2.30. The van der Waals surface area contributed by atoms with E-state index < -0.39 is 0 Å². The summed E-state index contributed by atoms with van der Waals surface area (Å²) in [5, 5.41) is 0. The van der Waals surface area contributed by atoms with Gasteiger partial charge in [-0.05, 0) is 25.2 Å². The van der Waals surface area contributed by atoms with E-state index in [4.69, 9.17) is 4.98 Å². The normalized spacial score (nSPS) is 21.0.